The van der Waals surface area contributed by atoms with Crippen LogP contribution in [0.5, 0.6) is 0 Å². The lowest BCUT2D eigenvalue weighted by Gasteiger charge is -2.15. The number of carbonyl (C=O) groups is 1. The van der Waals surface area contributed by atoms with E-state index in [0.717, 1.165) is 13.0 Å². The van der Waals surface area contributed by atoms with E-state index in [1.54, 1.807) is 0 Å². The summed E-state index contributed by atoms with van der Waals surface area (Å²) >= 11 is 0. The van der Waals surface area contributed by atoms with E-state index in [4.69, 9.17) is 0 Å². The van der Waals surface area contributed by atoms with E-state index in [1.165, 1.54) is 38.5 Å². The lowest BCUT2D eigenvalue weighted by atomic mass is 10.2. The molecule has 0 aliphatic heterocycles. The van der Waals surface area contributed by atoms with Gasteiger partial charge in [-0.3, -0.25) is 4.79 Å². The third-order valence-electron chi connectivity index (χ3n) is 2.42. The molecule has 0 radical (unpaired) electrons. The Kier molecular flexibility index (Phi) is 4.12. The maximum absolute atomic E-state index is 10.6. The van der Waals surface area contributed by atoms with Crippen LogP contribution in [0.1, 0.15) is 45.4 Å². The highest BCUT2D eigenvalue weighted by Crippen LogP contribution is 2.25. The van der Waals surface area contributed by atoms with E-state index in [-0.39, 0.29) is 0 Å². The summed E-state index contributed by atoms with van der Waals surface area (Å²) in [6.07, 6.45) is 8.50. The number of nitrogens with zero attached hydrogens (tertiary/aromatic N) is 1. The van der Waals surface area contributed by atoms with E-state index in [0.29, 0.717) is 6.04 Å². The minimum absolute atomic E-state index is 0.601. The fraction of sp³-hybridized carbons (Fsp3) is 0.900. The fourth-order valence-corrected chi connectivity index (χ4v) is 1.45. The Morgan fingerprint density at radius 3 is 2.58 bits per heavy atom. The van der Waals surface area contributed by atoms with Gasteiger partial charge in [-0.15, -0.1) is 0 Å². The highest BCUT2D eigenvalue weighted by atomic mass is 16.1. The molecule has 1 fully saturated rings. The van der Waals surface area contributed by atoms with Gasteiger partial charge < -0.3 is 4.90 Å². The monoisotopic (exact) mass is 169 g/mol. The van der Waals surface area contributed by atoms with Crippen molar-refractivity contribution in [2.24, 2.45) is 0 Å². The van der Waals surface area contributed by atoms with Gasteiger partial charge in [0.25, 0.3) is 0 Å². The number of carbonyl (C=O) groups excluding carboxylic acids is 1. The van der Waals surface area contributed by atoms with Crippen molar-refractivity contribution < 1.29 is 4.79 Å². The molecule has 0 bridgehead atoms. The molecule has 12 heavy (non-hydrogen) atoms. The van der Waals surface area contributed by atoms with Crippen molar-refractivity contribution in [2.45, 2.75) is 51.5 Å². The molecule has 0 spiro atoms. The maximum Gasteiger partial charge on any atom is 0.209 e. The van der Waals surface area contributed by atoms with Crippen LogP contribution in [0.2, 0.25) is 0 Å². The number of hydrogen-bond acceptors (Lipinski definition) is 1. The summed E-state index contributed by atoms with van der Waals surface area (Å²) in [7, 11) is 0. The Hall–Kier alpha value is -0.530. The minimum atomic E-state index is 0.601. The van der Waals surface area contributed by atoms with Crippen molar-refractivity contribution in [2.75, 3.05) is 6.54 Å². The quantitative estimate of drug-likeness (QED) is 0.422. The molecule has 0 aromatic carbocycles. The Labute approximate surface area is 74.9 Å². The van der Waals surface area contributed by atoms with Crippen molar-refractivity contribution in [1.29, 1.82) is 0 Å². The van der Waals surface area contributed by atoms with Crippen LogP contribution in [0.15, 0.2) is 0 Å². The first-order chi connectivity index (χ1) is 5.88. The first kappa shape index (κ1) is 9.56. The molecule has 0 N–H and O–H groups in total. The largest absolute Gasteiger partial charge is 0.342 e. The fourth-order valence-electron chi connectivity index (χ4n) is 1.45. The molecule has 0 aromatic heterocycles. The van der Waals surface area contributed by atoms with E-state index in [2.05, 4.69) is 6.92 Å². The molecule has 1 saturated carbocycles. The molecule has 2 heteroatoms. The number of rotatable bonds is 7. The topological polar surface area (TPSA) is 20.3 Å². The molecule has 1 rings (SSSR count). The van der Waals surface area contributed by atoms with E-state index in [1.807, 2.05) is 4.90 Å². The highest BCUT2D eigenvalue weighted by Gasteiger charge is 2.27. The number of unbranched alkanes of at least 4 members (excludes halogenated alkanes) is 3. The van der Waals surface area contributed by atoms with Crippen LogP contribution in [0.3, 0.4) is 0 Å². The van der Waals surface area contributed by atoms with Gasteiger partial charge in [0.1, 0.15) is 0 Å². The van der Waals surface area contributed by atoms with Gasteiger partial charge in [0.15, 0.2) is 0 Å². The van der Waals surface area contributed by atoms with Crippen molar-refractivity contribution in [3.05, 3.63) is 0 Å². The third kappa shape index (κ3) is 3.24. The molecular formula is C10H19NO. The lowest BCUT2D eigenvalue weighted by Crippen LogP contribution is -2.25. The molecule has 0 heterocycles. The van der Waals surface area contributed by atoms with Crippen molar-refractivity contribution >= 4 is 6.41 Å². The zero-order chi connectivity index (χ0) is 8.81. The maximum atomic E-state index is 10.6. The lowest BCUT2D eigenvalue weighted by molar-refractivity contribution is -0.118. The molecule has 1 aliphatic carbocycles. The molecule has 70 valence electrons. The summed E-state index contributed by atoms with van der Waals surface area (Å²) in [6.45, 7) is 3.19. The van der Waals surface area contributed by atoms with E-state index >= 15 is 0 Å². The molecule has 0 atom stereocenters. The first-order valence-electron chi connectivity index (χ1n) is 5.09. The van der Waals surface area contributed by atoms with E-state index in [9.17, 15) is 4.79 Å². The van der Waals surface area contributed by atoms with Gasteiger partial charge in [-0.1, -0.05) is 26.2 Å². The van der Waals surface area contributed by atoms with Gasteiger partial charge in [0.05, 0.1) is 0 Å². The van der Waals surface area contributed by atoms with Gasteiger partial charge >= 0.3 is 0 Å². The summed E-state index contributed by atoms with van der Waals surface area (Å²) in [5.41, 5.74) is 0. The second kappa shape index (κ2) is 5.18. The van der Waals surface area contributed by atoms with Gasteiger partial charge in [0.2, 0.25) is 6.41 Å². The summed E-state index contributed by atoms with van der Waals surface area (Å²) in [4.78, 5) is 12.5. The van der Waals surface area contributed by atoms with E-state index < -0.39 is 0 Å². The summed E-state index contributed by atoms with van der Waals surface area (Å²) in [5, 5.41) is 0. The highest BCUT2D eigenvalue weighted by molar-refractivity contribution is 5.48. The van der Waals surface area contributed by atoms with Crippen LogP contribution in [-0.4, -0.2) is 23.9 Å². The first-order valence-corrected chi connectivity index (χ1v) is 5.09. The zero-order valence-electron chi connectivity index (χ0n) is 7.96. The second-order valence-electron chi connectivity index (χ2n) is 3.64. The van der Waals surface area contributed by atoms with Gasteiger partial charge in [-0.05, 0) is 19.3 Å². The molecule has 2 nitrogen and oxygen atoms in total. The van der Waals surface area contributed by atoms with Gasteiger partial charge in [0, 0.05) is 12.6 Å². The zero-order valence-corrected chi connectivity index (χ0v) is 7.96. The Bertz CT molecular complexity index is 132. The smallest absolute Gasteiger partial charge is 0.209 e. The van der Waals surface area contributed by atoms with Gasteiger partial charge in [-0.2, -0.15) is 0 Å². The molecule has 0 saturated heterocycles. The van der Waals surface area contributed by atoms with Gasteiger partial charge in [-0.25, -0.2) is 0 Å². The summed E-state index contributed by atoms with van der Waals surface area (Å²) in [5.74, 6) is 0. The summed E-state index contributed by atoms with van der Waals surface area (Å²) in [6, 6.07) is 0.601. The normalized spacial score (nSPS) is 16.1. The van der Waals surface area contributed by atoms with Crippen LogP contribution in [0.25, 0.3) is 0 Å². The van der Waals surface area contributed by atoms with Crippen LogP contribution >= 0.6 is 0 Å². The average Bonchev–Trinajstić information content (AvgIpc) is 2.88. The standard InChI is InChI=1S/C10H19NO/c1-2-3-4-5-8-11(9-12)10-6-7-10/h9-10H,2-8H2,1H3. The Morgan fingerprint density at radius 1 is 1.33 bits per heavy atom. The molecule has 1 amide bonds. The molecular weight excluding hydrogens is 150 g/mol. The molecule has 0 unspecified atom stereocenters. The van der Waals surface area contributed by atoms with Crippen molar-refractivity contribution in [1.82, 2.24) is 4.90 Å². The molecule has 1 aliphatic rings. The van der Waals surface area contributed by atoms with Crippen LogP contribution in [-0.2, 0) is 4.79 Å². The predicted octanol–water partition coefficient (Wildman–Crippen LogP) is 2.19. The predicted molar refractivity (Wildman–Crippen MR) is 49.9 cm³/mol. The SMILES string of the molecule is CCCCCCN(C=O)C1CC1. The Morgan fingerprint density at radius 2 is 2.08 bits per heavy atom. The molecule has 0 aromatic rings. The van der Waals surface area contributed by atoms with Crippen molar-refractivity contribution in [3.63, 3.8) is 0 Å². The second-order valence-corrected chi connectivity index (χ2v) is 3.64. The van der Waals surface area contributed by atoms with Crippen LogP contribution in [0, 0.1) is 0 Å². The average molecular weight is 169 g/mol. The van der Waals surface area contributed by atoms with Crippen LogP contribution in [0.4, 0.5) is 0 Å². The summed E-state index contributed by atoms with van der Waals surface area (Å²) < 4.78 is 0. The number of amides is 1. The van der Waals surface area contributed by atoms with Crippen LogP contribution < -0.4 is 0 Å². The number of hydrogen-bond donors (Lipinski definition) is 0. The third-order valence-corrected chi connectivity index (χ3v) is 2.42. The van der Waals surface area contributed by atoms with Crippen molar-refractivity contribution in [3.8, 4) is 0 Å². The Balaban J connectivity index is 1.99. The minimum Gasteiger partial charge on any atom is -0.342 e.